The Morgan fingerprint density at radius 3 is 2.86 bits per heavy atom. The van der Waals surface area contributed by atoms with Crippen LogP contribution in [0, 0.1) is 0 Å². The molecule has 0 spiro atoms. The number of carbonyl (C=O) groups excluding carboxylic acids is 1. The zero-order valence-electron chi connectivity index (χ0n) is 12.6. The van der Waals surface area contributed by atoms with Crippen molar-refractivity contribution >= 4 is 5.91 Å². The van der Waals surface area contributed by atoms with Gasteiger partial charge in [0.15, 0.2) is 5.69 Å². The molecule has 2 aromatic rings. The quantitative estimate of drug-likeness (QED) is 0.855. The van der Waals surface area contributed by atoms with Crippen LogP contribution in [0.3, 0.4) is 0 Å². The highest BCUT2D eigenvalue weighted by atomic mass is 16.5. The molecule has 1 atom stereocenters. The van der Waals surface area contributed by atoms with Crippen LogP contribution in [0.25, 0.3) is 0 Å². The summed E-state index contributed by atoms with van der Waals surface area (Å²) in [5.41, 5.74) is 2.93. The highest BCUT2D eigenvalue weighted by Crippen LogP contribution is 2.30. The molecule has 1 amide bonds. The first-order valence-electron chi connectivity index (χ1n) is 8.14. The maximum absolute atomic E-state index is 12.8. The molecule has 0 N–H and O–H groups in total. The Morgan fingerprint density at radius 2 is 2.00 bits per heavy atom. The average Bonchev–Trinajstić information content (AvgIpc) is 3.22. The number of hydrogen-bond donors (Lipinski definition) is 0. The van der Waals surface area contributed by atoms with Crippen molar-refractivity contribution in [2.75, 3.05) is 13.1 Å². The van der Waals surface area contributed by atoms with Crippen molar-refractivity contribution in [2.24, 2.45) is 0 Å². The molecule has 114 valence electrons. The summed E-state index contributed by atoms with van der Waals surface area (Å²) in [5.74, 6) is 1.41. The monoisotopic (exact) mass is 296 g/mol. The van der Waals surface area contributed by atoms with E-state index >= 15 is 0 Å². The number of fused-ring (bicyclic) bond motifs is 1. The predicted octanol–water partition coefficient (Wildman–Crippen LogP) is 3.18. The number of carbonyl (C=O) groups is 1. The van der Waals surface area contributed by atoms with Crippen molar-refractivity contribution in [3.63, 3.8) is 0 Å². The van der Waals surface area contributed by atoms with E-state index in [-0.39, 0.29) is 5.91 Å². The molecular formula is C18H20N2O2. The summed E-state index contributed by atoms with van der Waals surface area (Å²) in [6, 6.07) is 10.5. The van der Waals surface area contributed by atoms with E-state index in [9.17, 15) is 4.79 Å². The first kappa shape index (κ1) is 13.6. The molecule has 4 rings (SSSR count). The van der Waals surface area contributed by atoms with Gasteiger partial charge in [0.05, 0.1) is 0 Å². The van der Waals surface area contributed by atoms with Gasteiger partial charge in [0.1, 0.15) is 5.76 Å². The van der Waals surface area contributed by atoms with Gasteiger partial charge in [-0.05, 0) is 31.2 Å². The molecule has 1 unspecified atom stereocenters. The number of amides is 1. The third-order valence-corrected chi connectivity index (χ3v) is 4.90. The highest BCUT2D eigenvalue weighted by molar-refractivity contribution is 5.94. The van der Waals surface area contributed by atoms with Crippen LogP contribution in [-0.2, 0) is 12.8 Å². The fourth-order valence-corrected chi connectivity index (χ4v) is 3.64. The van der Waals surface area contributed by atoms with Crippen LogP contribution in [0.15, 0.2) is 34.9 Å². The number of nitrogens with zero attached hydrogens (tertiary/aromatic N) is 2. The highest BCUT2D eigenvalue weighted by Gasteiger charge is 2.32. The Bertz CT molecular complexity index is 678. The second-order valence-corrected chi connectivity index (χ2v) is 6.29. The van der Waals surface area contributed by atoms with Crippen LogP contribution in [0.2, 0.25) is 0 Å². The fraction of sp³-hybridized carbons (Fsp3) is 0.444. The first-order valence-corrected chi connectivity index (χ1v) is 8.14. The van der Waals surface area contributed by atoms with Gasteiger partial charge in [-0.15, -0.1) is 0 Å². The molecule has 1 aromatic carbocycles. The number of aromatic nitrogens is 1. The third-order valence-electron chi connectivity index (χ3n) is 4.90. The largest absolute Gasteiger partial charge is 0.360 e. The van der Waals surface area contributed by atoms with Crippen LogP contribution in [-0.4, -0.2) is 29.1 Å². The zero-order valence-corrected chi connectivity index (χ0v) is 12.6. The number of rotatable bonds is 2. The molecule has 2 heterocycles. The molecule has 1 aliphatic heterocycles. The molecular weight excluding hydrogens is 276 g/mol. The van der Waals surface area contributed by atoms with Gasteiger partial charge in [0.2, 0.25) is 0 Å². The van der Waals surface area contributed by atoms with Crippen molar-refractivity contribution in [2.45, 2.75) is 38.0 Å². The normalized spacial score (nSPS) is 20.9. The maximum Gasteiger partial charge on any atom is 0.276 e. The number of likely N-dealkylation sites (tertiary alicyclic amines) is 1. The molecule has 2 aliphatic rings. The molecule has 1 aliphatic carbocycles. The van der Waals surface area contributed by atoms with E-state index in [0.717, 1.165) is 56.5 Å². The van der Waals surface area contributed by atoms with Gasteiger partial charge in [-0.3, -0.25) is 4.79 Å². The van der Waals surface area contributed by atoms with E-state index in [1.165, 1.54) is 5.56 Å². The Morgan fingerprint density at radius 1 is 1.18 bits per heavy atom. The molecule has 0 saturated carbocycles. The topological polar surface area (TPSA) is 46.3 Å². The summed E-state index contributed by atoms with van der Waals surface area (Å²) in [7, 11) is 0. The summed E-state index contributed by atoms with van der Waals surface area (Å²) in [6.07, 6.45) is 5.13. The predicted molar refractivity (Wildman–Crippen MR) is 82.8 cm³/mol. The summed E-state index contributed by atoms with van der Waals surface area (Å²) in [6.45, 7) is 1.59. The molecule has 0 bridgehead atoms. The van der Waals surface area contributed by atoms with E-state index in [0.29, 0.717) is 11.6 Å². The minimum Gasteiger partial charge on any atom is -0.360 e. The van der Waals surface area contributed by atoms with Crippen molar-refractivity contribution in [3.05, 3.63) is 52.9 Å². The van der Waals surface area contributed by atoms with Gasteiger partial charge >= 0.3 is 0 Å². The van der Waals surface area contributed by atoms with Gasteiger partial charge < -0.3 is 9.42 Å². The van der Waals surface area contributed by atoms with Gasteiger partial charge in [0, 0.05) is 31.0 Å². The Kier molecular flexibility index (Phi) is 3.45. The van der Waals surface area contributed by atoms with Crippen LogP contribution in [0.5, 0.6) is 0 Å². The van der Waals surface area contributed by atoms with Gasteiger partial charge in [-0.25, -0.2) is 0 Å². The van der Waals surface area contributed by atoms with Crippen molar-refractivity contribution in [1.29, 1.82) is 0 Å². The van der Waals surface area contributed by atoms with Crippen LogP contribution in [0.4, 0.5) is 0 Å². The van der Waals surface area contributed by atoms with E-state index in [2.05, 4.69) is 29.4 Å². The van der Waals surface area contributed by atoms with Crippen molar-refractivity contribution in [1.82, 2.24) is 10.1 Å². The first-order chi connectivity index (χ1) is 10.8. The lowest BCUT2D eigenvalue weighted by molar-refractivity contribution is 0.0779. The van der Waals surface area contributed by atoms with Gasteiger partial charge in [-0.2, -0.15) is 0 Å². The average molecular weight is 296 g/mol. The lowest BCUT2D eigenvalue weighted by atomic mass is 9.96. The van der Waals surface area contributed by atoms with E-state index < -0.39 is 0 Å². The summed E-state index contributed by atoms with van der Waals surface area (Å²) in [4.78, 5) is 14.7. The summed E-state index contributed by atoms with van der Waals surface area (Å²) >= 11 is 0. The van der Waals surface area contributed by atoms with E-state index in [1.54, 1.807) is 0 Å². The standard InChI is InChI=1S/C18H20N2O2/c21-18(17-15-8-4-5-9-16(15)22-19-17)20-11-10-14(12-20)13-6-2-1-3-7-13/h1-3,6-7,14H,4-5,8-12H2. The molecule has 1 aromatic heterocycles. The van der Waals surface area contributed by atoms with Crippen LogP contribution >= 0.6 is 0 Å². The van der Waals surface area contributed by atoms with Crippen LogP contribution < -0.4 is 0 Å². The molecule has 22 heavy (non-hydrogen) atoms. The second kappa shape index (κ2) is 5.59. The zero-order chi connectivity index (χ0) is 14.9. The third kappa shape index (κ3) is 2.32. The van der Waals surface area contributed by atoms with Gasteiger partial charge in [-0.1, -0.05) is 35.5 Å². The maximum atomic E-state index is 12.8. The molecule has 0 radical (unpaired) electrons. The van der Waals surface area contributed by atoms with Crippen molar-refractivity contribution in [3.8, 4) is 0 Å². The molecule has 4 nitrogen and oxygen atoms in total. The smallest absolute Gasteiger partial charge is 0.276 e. The fourth-order valence-electron chi connectivity index (χ4n) is 3.64. The number of hydrogen-bond acceptors (Lipinski definition) is 3. The molecule has 1 saturated heterocycles. The van der Waals surface area contributed by atoms with Crippen LogP contribution in [0.1, 0.15) is 52.6 Å². The Balaban J connectivity index is 1.51. The van der Waals surface area contributed by atoms with E-state index in [4.69, 9.17) is 4.52 Å². The van der Waals surface area contributed by atoms with Gasteiger partial charge in [0.25, 0.3) is 5.91 Å². The lowest BCUT2D eigenvalue weighted by Crippen LogP contribution is -2.29. The SMILES string of the molecule is O=C(c1noc2c1CCCC2)N1CCC(c2ccccc2)C1. The minimum atomic E-state index is 0.0466. The summed E-state index contributed by atoms with van der Waals surface area (Å²) in [5, 5.41) is 4.07. The lowest BCUT2D eigenvalue weighted by Gasteiger charge is -2.16. The molecule has 1 fully saturated rings. The van der Waals surface area contributed by atoms with Crippen molar-refractivity contribution < 1.29 is 9.32 Å². The number of aryl methyl sites for hydroxylation is 1. The Labute approximate surface area is 130 Å². The van der Waals surface area contributed by atoms with E-state index in [1.807, 2.05) is 11.0 Å². The minimum absolute atomic E-state index is 0.0466. The number of benzene rings is 1. The Hall–Kier alpha value is -2.10. The molecule has 4 heteroatoms. The second-order valence-electron chi connectivity index (χ2n) is 6.29. The summed E-state index contributed by atoms with van der Waals surface area (Å²) < 4.78 is 5.38.